The quantitative estimate of drug-likeness (QED) is 0.546. The third kappa shape index (κ3) is 3.85. The molecule has 0 amide bonds. The second-order valence-electron chi connectivity index (χ2n) is 2.51. The SMILES string of the molecule is [CH2]CCN(OCC)C(C)C. The van der Waals surface area contributed by atoms with Gasteiger partial charge in [0.15, 0.2) is 0 Å². The van der Waals surface area contributed by atoms with Crippen LogP contribution < -0.4 is 0 Å². The number of nitrogens with zero attached hydrogens (tertiary/aromatic N) is 1. The second kappa shape index (κ2) is 5.69. The van der Waals surface area contributed by atoms with Gasteiger partial charge in [-0.15, -0.1) is 0 Å². The minimum atomic E-state index is 0.460. The average Bonchev–Trinajstić information content (AvgIpc) is 1.87. The topological polar surface area (TPSA) is 12.5 Å². The zero-order chi connectivity index (χ0) is 7.98. The number of rotatable bonds is 5. The molecule has 0 fully saturated rings. The van der Waals surface area contributed by atoms with Crippen molar-refractivity contribution in [1.29, 1.82) is 0 Å². The Hall–Kier alpha value is -0.0800. The molecule has 0 aromatic heterocycles. The summed E-state index contributed by atoms with van der Waals surface area (Å²) in [6.07, 6.45) is 0.901. The van der Waals surface area contributed by atoms with Gasteiger partial charge in [0, 0.05) is 12.6 Å². The summed E-state index contributed by atoms with van der Waals surface area (Å²) in [6, 6.07) is 0.460. The van der Waals surface area contributed by atoms with Gasteiger partial charge in [0.1, 0.15) is 0 Å². The second-order valence-corrected chi connectivity index (χ2v) is 2.51. The Morgan fingerprint density at radius 3 is 2.40 bits per heavy atom. The molecule has 0 aromatic carbocycles. The van der Waals surface area contributed by atoms with Crippen LogP contribution in [0.25, 0.3) is 0 Å². The number of hydrogen-bond acceptors (Lipinski definition) is 2. The summed E-state index contributed by atoms with van der Waals surface area (Å²) in [5.74, 6) is 0. The molecule has 0 aliphatic heterocycles. The largest absolute Gasteiger partial charge is 0.299 e. The van der Waals surface area contributed by atoms with E-state index in [1.165, 1.54) is 0 Å². The van der Waals surface area contributed by atoms with Crippen molar-refractivity contribution in [2.24, 2.45) is 0 Å². The first-order valence-electron chi connectivity index (χ1n) is 3.91. The maximum Gasteiger partial charge on any atom is 0.0657 e. The molecule has 0 heterocycles. The van der Waals surface area contributed by atoms with E-state index in [1.54, 1.807) is 0 Å². The Bertz CT molecular complexity index is 67.7. The predicted octanol–water partition coefficient (Wildman–Crippen LogP) is 1.87. The molecule has 0 bridgehead atoms. The molecule has 0 aromatic rings. The minimum absolute atomic E-state index is 0.460. The normalized spacial score (nSPS) is 11.4. The number of hydrogen-bond donors (Lipinski definition) is 0. The Balaban J connectivity index is 3.50. The Morgan fingerprint density at radius 2 is 2.10 bits per heavy atom. The highest BCUT2D eigenvalue weighted by atomic mass is 16.7. The highest BCUT2D eigenvalue weighted by molar-refractivity contribution is 4.52. The van der Waals surface area contributed by atoms with Gasteiger partial charge >= 0.3 is 0 Å². The molecular formula is C8H18NO. The van der Waals surface area contributed by atoms with Gasteiger partial charge in [-0.3, -0.25) is 4.84 Å². The van der Waals surface area contributed by atoms with Crippen LogP contribution in [-0.4, -0.2) is 24.3 Å². The predicted molar refractivity (Wildman–Crippen MR) is 43.4 cm³/mol. The Labute approximate surface area is 64.1 Å². The maximum atomic E-state index is 5.34. The fourth-order valence-corrected chi connectivity index (χ4v) is 0.793. The molecular weight excluding hydrogens is 126 g/mol. The van der Waals surface area contributed by atoms with E-state index in [0.29, 0.717) is 6.04 Å². The van der Waals surface area contributed by atoms with Crippen molar-refractivity contribution in [3.8, 4) is 0 Å². The van der Waals surface area contributed by atoms with Gasteiger partial charge in [-0.25, -0.2) is 0 Å². The van der Waals surface area contributed by atoms with Gasteiger partial charge in [0.05, 0.1) is 6.61 Å². The van der Waals surface area contributed by atoms with E-state index in [0.717, 1.165) is 19.6 Å². The fourth-order valence-electron chi connectivity index (χ4n) is 0.793. The monoisotopic (exact) mass is 144 g/mol. The lowest BCUT2D eigenvalue weighted by molar-refractivity contribution is -0.174. The van der Waals surface area contributed by atoms with Crippen molar-refractivity contribution in [2.75, 3.05) is 13.2 Å². The first-order valence-corrected chi connectivity index (χ1v) is 3.91. The highest BCUT2D eigenvalue weighted by Gasteiger charge is 2.06. The molecule has 2 nitrogen and oxygen atoms in total. The third-order valence-electron chi connectivity index (χ3n) is 1.25. The van der Waals surface area contributed by atoms with Gasteiger partial charge in [-0.05, 0) is 27.2 Å². The molecule has 0 spiro atoms. The molecule has 10 heavy (non-hydrogen) atoms. The van der Waals surface area contributed by atoms with Gasteiger partial charge in [-0.1, -0.05) is 6.92 Å². The van der Waals surface area contributed by atoms with Crippen LogP contribution in [0.1, 0.15) is 27.2 Å². The molecule has 0 aliphatic rings. The van der Waals surface area contributed by atoms with E-state index >= 15 is 0 Å². The van der Waals surface area contributed by atoms with Crippen LogP contribution in [0, 0.1) is 6.92 Å². The van der Waals surface area contributed by atoms with Crippen LogP contribution in [0.2, 0.25) is 0 Å². The smallest absolute Gasteiger partial charge is 0.0657 e. The summed E-state index contributed by atoms with van der Waals surface area (Å²) in [6.45, 7) is 11.7. The zero-order valence-electron chi connectivity index (χ0n) is 7.26. The minimum Gasteiger partial charge on any atom is -0.299 e. The molecule has 0 saturated carbocycles. The summed E-state index contributed by atoms with van der Waals surface area (Å²) in [4.78, 5) is 5.34. The standard InChI is InChI=1S/C8H18NO/c1-5-7-9(8(3)4)10-6-2/h8H,1,5-7H2,2-4H3. The summed E-state index contributed by atoms with van der Waals surface area (Å²) in [7, 11) is 0. The van der Waals surface area contributed by atoms with Crippen molar-refractivity contribution in [2.45, 2.75) is 33.2 Å². The summed E-state index contributed by atoms with van der Waals surface area (Å²) < 4.78 is 0. The molecule has 61 valence electrons. The Kier molecular flexibility index (Phi) is 5.64. The molecule has 0 atom stereocenters. The van der Waals surface area contributed by atoms with Crippen molar-refractivity contribution >= 4 is 0 Å². The van der Waals surface area contributed by atoms with E-state index in [4.69, 9.17) is 4.84 Å². The fraction of sp³-hybridized carbons (Fsp3) is 0.875. The third-order valence-corrected chi connectivity index (χ3v) is 1.25. The van der Waals surface area contributed by atoms with Crippen molar-refractivity contribution < 1.29 is 4.84 Å². The molecule has 0 N–H and O–H groups in total. The first-order chi connectivity index (χ1) is 4.72. The lowest BCUT2D eigenvalue weighted by Gasteiger charge is -2.24. The van der Waals surface area contributed by atoms with Gasteiger partial charge in [0.25, 0.3) is 0 Å². The maximum absolute atomic E-state index is 5.34. The van der Waals surface area contributed by atoms with Gasteiger partial charge in [-0.2, -0.15) is 5.06 Å². The van der Waals surface area contributed by atoms with Crippen LogP contribution in [0.4, 0.5) is 0 Å². The lowest BCUT2D eigenvalue weighted by Crippen LogP contribution is -2.31. The van der Waals surface area contributed by atoms with Crippen LogP contribution in [0.15, 0.2) is 0 Å². The Morgan fingerprint density at radius 1 is 1.50 bits per heavy atom. The van der Waals surface area contributed by atoms with Crippen LogP contribution in [0.3, 0.4) is 0 Å². The van der Waals surface area contributed by atoms with E-state index in [2.05, 4.69) is 20.8 Å². The van der Waals surface area contributed by atoms with Crippen molar-refractivity contribution in [1.82, 2.24) is 5.06 Å². The molecule has 2 heteroatoms. The number of hydroxylamine groups is 2. The first kappa shape index (κ1) is 9.92. The summed E-state index contributed by atoms with van der Waals surface area (Å²) in [5, 5.41) is 1.97. The van der Waals surface area contributed by atoms with Crippen LogP contribution in [-0.2, 0) is 4.84 Å². The van der Waals surface area contributed by atoms with Gasteiger partial charge in [0.2, 0.25) is 0 Å². The van der Waals surface area contributed by atoms with E-state index in [-0.39, 0.29) is 0 Å². The van der Waals surface area contributed by atoms with Crippen molar-refractivity contribution in [3.05, 3.63) is 6.92 Å². The van der Waals surface area contributed by atoms with Gasteiger partial charge < -0.3 is 0 Å². The highest BCUT2D eigenvalue weighted by Crippen LogP contribution is 1.99. The lowest BCUT2D eigenvalue weighted by atomic mass is 10.3. The van der Waals surface area contributed by atoms with E-state index in [9.17, 15) is 0 Å². The van der Waals surface area contributed by atoms with E-state index in [1.807, 2.05) is 12.0 Å². The van der Waals surface area contributed by atoms with Crippen molar-refractivity contribution in [3.63, 3.8) is 0 Å². The van der Waals surface area contributed by atoms with Crippen LogP contribution >= 0.6 is 0 Å². The zero-order valence-corrected chi connectivity index (χ0v) is 7.26. The molecule has 0 unspecified atom stereocenters. The van der Waals surface area contributed by atoms with Crippen LogP contribution in [0.5, 0.6) is 0 Å². The summed E-state index contributed by atoms with van der Waals surface area (Å²) >= 11 is 0. The van der Waals surface area contributed by atoms with E-state index < -0.39 is 0 Å². The molecule has 0 saturated heterocycles. The summed E-state index contributed by atoms with van der Waals surface area (Å²) in [5.41, 5.74) is 0. The average molecular weight is 144 g/mol. The molecule has 1 radical (unpaired) electrons. The molecule has 0 rings (SSSR count). The molecule has 0 aliphatic carbocycles.